The first-order chi connectivity index (χ1) is 11.4. The average molecular weight is 296 g/mol. The number of rotatable bonds is 4. The van der Waals surface area contributed by atoms with Crippen LogP contribution in [0.25, 0.3) is 21.5 Å². The molecule has 4 rings (SSSR count). The normalized spacial score (nSPS) is 11.1. The van der Waals surface area contributed by atoms with Crippen molar-refractivity contribution in [2.24, 2.45) is 0 Å². The fourth-order valence-electron chi connectivity index (χ4n) is 3.29. The molecule has 0 saturated heterocycles. The van der Waals surface area contributed by atoms with Gasteiger partial charge in [0.25, 0.3) is 0 Å². The van der Waals surface area contributed by atoms with Crippen LogP contribution in [0.4, 0.5) is 0 Å². The molecule has 0 fully saturated rings. The van der Waals surface area contributed by atoms with E-state index in [-0.39, 0.29) is 0 Å². The molecule has 0 radical (unpaired) electrons. The van der Waals surface area contributed by atoms with Crippen LogP contribution in [-0.2, 0) is 12.8 Å². The van der Waals surface area contributed by atoms with Crippen LogP contribution >= 0.6 is 0 Å². The topological polar surface area (TPSA) is 0 Å². The molecule has 0 aliphatic carbocycles. The van der Waals surface area contributed by atoms with E-state index in [4.69, 9.17) is 0 Å². The minimum Gasteiger partial charge on any atom is -0.0616 e. The van der Waals surface area contributed by atoms with Gasteiger partial charge in [-0.25, -0.2) is 0 Å². The molecule has 0 nitrogen and oxygen atoms in total. The third-order valence-electron chi connectivity index (χ3n) is 4.56. The van der Waals surface area contributed by atoms with Crippen molar-refractivity contribution in [3.63, 3.8) is 0 Å². The van der Waals surface area contributed by atoms with E-state index in [1.54, 1.807) is 0 Å². The van der Waals surface area contributed by atoms with E-state index in [1.165, 1.54) is 39.1 Å². The molecule has 0 amide bonds. The number of hydrogen-bond acceptors (Lipinski definition) is 0. The van der Waals surface area contributed by atoms with E-state index in [9.17, 15) is 0 Å². The van der Waals surface area contributed by atoms with Crippen LogP contribution in [0, 0.1) is 0 Å². The Labute approximate surface area is 137 Å². The molecule has 0 N–H and O–H groups in total. The molecule has 0 bridgehead atoms. The summed E-state index contributed by atoms with van der Waals surface area (Å²) in [6, 6.07) is 30.8. The largest absolute Gasteiger partial charge is 0.0616 e. The van der Waals surface area contributed by atoms with E-state index in [1.807, 2.05) is 0 Å². The lowest BCUT2D eigenvalue weighted by Crippen LogP contribution is -1.90. The summed E-state index contributed by atoms with van der Waals surface area (Å²) in [5.74, 6) is 0. The minimum atomic E-state index is 1.14. The highest BCUT2D eigenvalue weighted by Crippen LogP contribution is 2.19. The van der Waals surface area contributed by atoms with Crippen molar-refractivity contribution in [1.29, 1.82) is 0 Å². The predicted octanol–water partition coefficient (Wildman–Crippen LogP) is 6.17. The van der Waals surface area contributed by atoms with E-state index in [0.717, 1.165) is 12.8 Å². The van der Waals surface area contributed by atoms with E-state index < -0.39 is 0 Å². The zero-order valence-electron chi connectivity index (χ0n) is 13.2. The molecule has 23 heavy (non-hydrogen) atoms. The standard InChI is InChI=1S/C23H20/c1-3-10-22-16-18(12-14-20(22)8-1)6-5-7-19-13-15-21-9-2-4-11-23(21)17-19/h1-4,8-17H,5-7H2. The molecule has 0 heterocycles. The number of hydrogen-bond donors (Lipinski definition) is 0. The zero-order chi connectivity index (χ0) is 15.5. The van der Waals surface area contributed by atoms with Crippen molar-refractivity contribution < 1.29 is 0 Å². The van der Waals surface area contributed by atoms with Gasteiger partial charge in [0, 0.05) is 0 Å². The molecule has 4 aromatic rings. The molecular weight excluding hydrogens is 276 g/mol. The Morgan fingerprint density at radius 3 is 1.35 bits per heavy atom. The monoisotopic (exact) mass is 296 g/mol. The van der Waals surface area contributed by atoms with E-state index >= 15 is 0 Å². The second kappa shape index (κ2) is 6.26. The summed E-state index contributed by atoms with van der Waals surface area (Å²) < 4.78 is 0. The molecule has 0 heteroatoms. The van der Waals surface area contributed by atoms with Gasteiger partial charge in [-0.2, -0.15) is 0 Å². The Hall–Kier alpha value is -2.60. The highest BCUT2D eigenvalue weighted by atomic mass is 14.0. The summed E-state index contributed by atoms with van der Waals surface area (Å²) in [7, 11) is 0. The van der Waals surface area contributed by atoms with Crippen molar-refractivity contribution in [1.82, 2.24) is 0 Å². The summed E-state index contributed by atoms with van der Waals surface area (Å²) in [6.07, 6.45) is 3.46. The molecule has 0 spiro atoms. The quantitative estimate of drug-likeness (QED) is 0.422. The Morgan fingerprint density at radius 1 is 0.435 bits per heavy atom. The maximum absolute atomic E-state index is 2.33. The first-order valence-corrected chi connectivity index (χ1v) is 8.34. The van der Waals surface area contributed by atoms with E-state index in [0.29, 0.717) is 0 Å². The van der Waals surface area contributed by atoms with Gasteiger partial charge in [-0.15, -0.1) is 0 Å². The maximum atomic E-state index is 2.33. The Balaban J connectivity index is 1.45. The number of benzene rings is 4. The van der Waals surface area contributed by atoms with Gasteiger partial charge in [-0.1, -0.05) is 84.9 Å². The fourth-order valence-corrected chi connectivity index (χ4v) is 3.29. The van der Waals surface area contributed by atoms with Crippen molar-refractivity contribution >= 4 is 21.5 Å². The number of fused-ring (bicyclic) bond motifs is 2. The fraction of sp³-hybridized carbons (Fsp3) is 0.130. The molecule has 0 aromatic heterocycles. The average Bonchev–Trinajstić information content (AvgIpc) is 2.61. The summed E-state index contributed by atoms with van der Waals surface area (Å²) in [5.41, 5.74) is 2.87. The molecule has 0 aliphatic heterocycles. The minimum absolute atomic E-state index is 1.14. The summed E-state index contributed by atoms with van der Waals surface area (Å²) in [4.78, 5) is 0. The number of aryl methyl sites for hydroxylation is 2. The predicted molar refractivity (Wildman–Crippen MR) is 99.9 cm³/mol. The van der Waals surface area contributed by atoms with Crippen LogP contribution in [-0.4, -0.2) is 0 Å². The van der Waals surface area contributed by atoms with Gasteiger partial charge in [0.2, 0.25) is 0 Å². The lowest BCUT2D eigenvalue weighted by atomic mass is 9.99. The van der Waals surface area contributed by atoms with Gasteiger partial charge in [0.15, 0.2) is 0 Å². The first kappa shape index (κ1) is 14.0. The van der Waals surface area contributed by atoms with Gasteiger partial charge in [0.05, 0.1) is 0 Å². The second-order valence-corrected chi connectivity index (χ2v) is 6.22. The summed E-state index contributed by atoms with van der Waals surface area (Å²) >= 11 is 0. The molecule has 112 valence electrons. The third-order valence-corrected chi connectivity index (χ3v) is 4.56. The van der Waals surface area contributed by atoms with Gasteiger partial charge >= 0.3 is 0 Å². The molecule has 4 aromatic carbocycles. The van der Waals surface area contributed by atoms with Gasteiger partial charge < -0.3 is 0 Å². The van der Waals surface area contributed by atoms with Crippen LogP contribution in [0.1, 0.15) is 17.5 Å². The van der Waals surface area contributed by atoms with Crippen LogP contribution in [0.5, 0.6) is 0 Å². The van der Waals surface area contributed by atoms with Crippen molar-refractivity contribution in [2.45, 2.75) is 19.3 Å². The SMILES string of the molecule is c1ccc2cc(CCCc3ccc4ccccc4c3)ccc2c1. The maximum Gasteiger partial charge on any atom is -0.0181 e. The van der Waals surface area contributed by atoms with Gasteiger partial charge in [-0.05, 0) is 51.9 Å². The molecule has 0 saturated carbocycles. The van der Waals surface area contributed by atoms with Gasteiger partial charge in [0.1, 0.15) is 0 Å². The van der Waals surface area contributed by atoms with Crippen LogP contribution < -0.4 is 0 Å². The van der Waals surface area contributed by atoms with Crippen molar-refractivity contribution in [2.75, 3.05) is 0 Å². The zero-order valence-corrected chi connectivity index (χ0v) is 13.2. The smallest absolute Gasteiger partial charge is 0.0181 e. The second-order valence-electron chi connectivity index (χ2n) is 6.22. The molecule has 0 aliphatic rings. The van der Waals surface area contributed by atoms with Crippen molar-refractivity contribution in [3.8, 4) is 0 Å². The van der Waals surface area contributed by atoms with Crippen LogP contribution in [0.15, 0.2) is 84.9 Å². The van der Waals surface area contributed by atoms with Gasteiger partial charge in [-0.3, -0.25) is 0 Å². The Kier molecular flexibility index (Phi) is 3.81. The van der Waals surface area contributed by atoms with Crippen molar-refractivity contribution in [3.05, 3.63) is 96.1 Å². The Bertz CT molecular complexity index is 871. The lowest BCUT2D eigenvalue weighted by Gasteiger charge is -2.06. The first-order valence-electron chi connectivity index (χ1n) is 8.34. The highest BCUT2D eigenvalue weighted by Gasteiger charge is 1.99. The summed E-state index contributed by atoms with van der Waals surface area (Å²) in [6.45, 7) is 0. The molecular formula is C23H20. The molecule has 0 atom stereocenters. The highest BCUT2D eigenvalue weighted by molar-refractivity contribution is 5.83. The molecule has 0 unspecified atom stereocenters. The van der Waals surface area contributed by atoms with E-state index in [2.05, 4.69) is 84.9 Å². The lowest BCUT2D eigenvalue weighted by molar-refractivity contribution is 0.822. The third kappa shape index (κ3) is 3.12. The van der Waals surface area contributed by atoms with Crippen LogP contribution in [0.3, 0.4) is 0 Å². The summed E-state index contributed by atoms with van der Waals surface area (Å²) in [5, 5.41) is 5.34. The van der Waals surface area contributed by atoms with Crippen LogP contribution in [0.2, 0.25) is 0 Å². The Morgan fingerprint density at radius 2 is 0.870 bits per heavy atom.